The summed E-state index contributed by atoms with van der Waals surface area (Å²) >= 11 is 0. The number of fused-ring (bicyclic) bond motifs is 1. The minimum Gasteiger partial charge on any atom is -0.506 e. The van der Waals surface area contributed by atoms with Crippen molar-refractivity contribution in [2.75, 3.05) is 18.8 Å². The van der Waals surface area contributed by atoms with Crippen LogP contribution >= 0.6 is 0 Å². The molecule has 0 bridgehead atoms. The predicted octanol–water partition coefficient (Wildman–Crippen LogP) is 2.58. The Kier molecular flexibility index (Phi) is 3.61. The Morgan fingerprint density at radius 2 is 1.65 bits per heavy atom. The summed E-state index contributed by atoms with van der Waals surface area (Å²) in [5.41, 5.74) is 10.3. The van der Waals surface area contributed by atoms with Gasteiger partial charge in [-0.15, -0.1) is 0 Å². The van der Waals surface area contributed by atoms with Gasteiger partial charge in [0.05, 0.1) is 5.69 Å². The maximum atomic E-state index is 9.47. The molecule has 104 valence electrons. The van der Waals surface area contributed by atoms with Crippen LogP contribution in [-0.4, -0.2) is 23.1 Å². The molecule has 0 aromatic heterocycles. The van der Waals surface area contributed by atoms with E-state index in [-0.39, 0.29) is 5.75 Å². The minimum absolute atomic E-state index is 0.164. The molecule has 2 aromatic rings. The second-order valence-electron chi connectivity index (χ2n) is 5.44. The molecule has 2 aromatic carbocycles. The Balaban J connectivity index is 1.69. The number of hydrogen-bond acceptors (Lipinski definition) is 3. The lowest BCUT2D eigenvalue weighted by Gasteiger charge is -2.20. The van der Waals surface area contributed by atoms with Crippen molar-refractivity contribution in [2.45, 2.75) is 19.4 Å². The van der Waals surface area contributed by atoms with E-state index in [0.717, 1.165) is 38.0 Å². The van der Waals surface area contributed by atoms with Gasteiger partial charge in [0.1, 0.15) is 5.75 Å². The van der Waals surface area contributed by atoms with E-state index in [1.807, 2.05) is 12.1 Å². The number of aromatic hydroxyl groups is 1. The van der Waals surface area contributed by atoms with E-state index in [0.29, 0.717) is 5.69 Å². The number of nitrogens with zero attached hydrogens (tertiary/aromatic N) is 1. The Hall–Kier alpha value is -2.00. The molecule has 0 aliphatic carbocycles. The average Bonchev–Trinajstić information content (AvgIpc) is 2.66. The fourth-order valence-electron chi connectivity index (χ4n) is 2.83. The van der Waals surface area contributed by atoms with Gasteiger partial charge in [0.2, 0.25) is 0 Å². The van der Waals surface area contributed by atoms with Gasteiger partial charge in [0, 0.05) is 19.6 Å². The Morgan fingerprint density at radius 3 is 2.25 bits per heavy atom. The van der Waals surface area contributed by atoms with Gasteiger partial charge in [-0.1, -0.05) is 30.3 Å². The van der Waals surface area contributed by atoms with Crippen LogP contribution in [0.1, 0.15) is 16.7 Å². The van der Waals surface area contributed by atoms with E-state index < -0.39 is 0 Å². The quantitative estimate of drug-likeness (QED) is 0.650. The number of nitrogens with two attached hydrogens (primary N) is 1. The fraction of sp³-hybridized carbons (Fsp3) is 0.294. The van der Waals surface area contributed by atoms with E-state index in [9.17, 15) is 5.11 Å². The zero-order valence-electron chi connectivity index (χ0n) is 11.5. The van der Waals surface area contributed by atoms with Crippen LogP contribution in [0.3, 0.4) is 0 Å². The molecule has 0 fully saturated rings. The summed E-state index contributed by atoms with van der Waals surface area (Å²) in [6.45, 7) is 3.02. The molecule has 0 spiro atoms. The number of nitrogen functional groups attached to an aromatic ring is 1. The summed E-state index contributed by atoms with van der Waals surface area (Å²) in [6, 6.07) is 14.2. The summed E-state index contributed by atoms with van der Waals surface area (Å²) in [7, 11) is 0. The van der Waals surface area contributed by atoms with Gasteiger partial charge in [0.25, 0.3) is 0 Å². The molecule has 1 aliphatic rings. The van der Waals surface area contributed by atoms with Gasteiger partial charge in [-0.25, -0.2) is 0 Å². The topological polar surface area (TPSA) is 49.5 Å². The smallest absolute Gasteiger partial charge is 0.138 e. The fourth-order valence-corrected chi connectivity index (χ4v) is 2.83. The zero-order chi connectivity index (χ0) is 13.9. The standard InChI is InChI=1S/C17H20N2O/c18-16-11-13(5-6-17(16)20)12-19-9-7-14-3-1-2-4-15(14)8-10-19/h1-6,11,20H,7-10,12,18H2. The van der Waals surface area contributed by atoms with Gasteiger partial charge in [-0.3, -0.25) is 4.90 Å². The van der Waals surface area contributed by atoms with Gasteiger partial charge in [-0.2, -0.15) is 0 Å². The lowest BCUT2D eigenvalue weighted by molar-refractivity contribution is 0.279. The van der Waals surface area contributed by atoms with Crippen LogP contribution < -0.4 is 5.73 Å². The van der Waals surface area contributed by atoms with E-state index in [4.69, 9.17) is 5.73 Å². The highest BCUT2D eigenvalue weighted by Crippen LogP contribution is 2.22. The predicted molar refractivity (Wildman–Crippen MR) is 81.6 cm³/mol. The second kappa shape index (κ2) is 5.55. The Bertz CT molecular complexity index is 583. The first kappa shape index (κ1) is 13.0. The molecule has 3 heteroatoms. The van der Waals surface area contributed by atoms with Crippen LogP contribution in [0.4, 0.5) is 5.69 Å². The number of phenolic OH excluding ortho intramolecular Hbond substituents is 1. The van der Waals surface area contributed by atoms with Crippen molar-refractivity contribution in [3.8, 4) is 5.75 Å². The van der Waals surface area contributed by atoms with Crippen molar-refractivity contribution >= 4 is 5.69 Å². The summed E-state index contributed by atoms with van der Waals surface area (Å²) in [4.78, 5) is 2.45. The van der Waals surface area contributed by atoms with Crippen molar-refractivity contribution < 1.29 is 5.11 Å². The van der Waals surface area contributed by atoms with E-state index in [2.05, 4.69) is 29.2 Å². The van der Waals surface area contributed by atoms with E-state index >= 15 is 0 Å². The maximum Gasteiger partial charge on any atom is 0.138 e. The van der Waals surface area contributed by atoms with Crippen molar-refractivity contribution in [3.05, 3.63) is 59.2 Å². The first-order valence-corrected chi connectivity index (χ1v) is 7.09. The highest BCUT2D eigenvalue weighted by molar-refractivity contribution is 5.53. The van der Waals surface area contributed by atoms with Crippen LogP contribution in [-0.2, 0) is 19.4 Å². The average molecular weight is 268 g/mol. The van der Waals surface area contributed by atoms with Gasteiger partial charge >= 0.3 is 0 Å². The van der Waals surface area contributed by atoms with Crippen molar-refractivity contribution in [2.24, 2.45) is 0 Å². The van der Waals surface area contributed by atoms with Crippen LogP contribution in [0.15, 0.2) is 42.5 Å². The molecule has 0 unspecified atom stereocenters. The highest BCUT2D eigenvalue weighted by atomic mass is 16.3. The molecule has 20 heavy (non-hydrogen) atoms. The number of rotatable bonds is 2. The number of hydrogen-bond donors (Lipinski definition) is 2. The van der Waals surface area contributed by atoms with E-state index in [1.165, 1.54) is 11.1 Å². The van der Waals surface area contributed by atoms with E-state index in [1.54, 1.807) is 6.07 Å². The molecule has 3 N–H and O–H groups in total. The van der Waals surface area contributed by atoms with Crippen molar-refractivity contribution in [3.63, 3.8) is 0 Å². The molecule has 1 aliphatic heterocycles. The zero-order valence-corrected chi connectivity index (χ0v) is 11.5. The molecule has 3 rings (SSSR count). The molecule has 0 amide bonds. The lowest BCUT2D eigenvalue weighted by Crippen LogP contribution is -2.25. The molecule has 0 atom stereocenters. The molecular formula is C17H20N2O. The molecule has 3 nitrogen and oxygen atoms in total. The maximum absolute atomic E-state index is 9.47. The number of benzene rings is 2. The minimum atomic E-state index is 0.164. The first-order chi connectivity index (χ1) is 9.72. The third-order valence-electron chi connectivity index (χ3n) is 4.01. The normalized spacial score (nSPS) is 15.6. The molecule has 1 heterocycles. The molecule has 0 saturated carbocycles. The van der Waals surface area contributed by atoms with Crippen LogP contribution in [0.25, 0.3) is 0 Å². The highest BCUT2D eigenvalue weighted by Gasteiger charge is 2.13. The molecule has 0 radical (unpaired) electrons. The van der Waals surface area contributed by atoms with Crippen molar-refractivity contribution in [1.29, 1.82) is 0 Å². The summed E-state index contributed by atoms with van der Waals surface area (Å²) in [5, 5.41) is 9.47. The van der Waals surface area contributed by atoms with Crippen LogP contribution in [0.5, 0.6) is 5.75 Å². The summed E-state index contributed by atoms with van der Waals surface area (Å²) in [5.74, 6) is 0.164. The Labute approximate surface area is 119 Å². The monoisotopic (exact) mass is 268 g/mol. The SMILES string of the molecule is Nc1cc(CN2CCc3ccccc3CC2)ccc1O. The largest absolute Gasteiger partial charge is 0.506 e. The van der Waals surface area contributed by atoms with Crippen LogP contribution in [0, 0.1) is 0 Å². The molecular weight excluding hydrogens is 248 g/mol. The third-order valence-corrected chi connectivity index (χ3v) is 4.01. The van der Waals surface area contributed by atoms with Gasteiger partial charge < -0.3 is 10.8 Å². The molecule has 0 saturated heterocycles. The third kappa shape index (κ3) is 2.78. The number of anilines is 1. The van der Waals surface area contributed by atoms with Gasteiger partial charge in [0.15, 0.2) is 0 Å². The number of phenols is 1. The summed E-state index contributed by atoms with van der Waals surface area (Å²) in [6.07, 6.45) is 2.20. The Morgan fingerprint density at radius 1 is 1.00 bits per heavy atom. The lowest BCUT2D eigenvalue weighted by atomic mass is 10.0. The van der Waals surface area contributed by atoms with Crippen molar-refractivity contribution in [1.82, 2.24) is 4.90 Å². The van der Waals surface area contributed by atoms with Gasteiger partial charge in [-0.05, 0) is 41.7 Å². The summed E-state index contributed by atoms with van der Waals surface area (Å²) < 4.78 is 0. The second-order valence-corrected chi connectivity index (χ2v) is 5.44. The first-order valence-electron chi connectivity index (χ1n) is 7.09. The van der Waals surface area contributed by atoms with Crippen LogP contribution in [0.2, 0.25) is 0 Å².